The Morgan fingerprint density at radius 3 is 1.84 bits per heavy atom. The van der Waals surface area contributed by atoms with Crippen LogP contribution in [0, 0.1) is 22.2 Å². The van der Waals surface area contributed by atoms with E-state index in [1.165, 1.54) is 51.7 Å². The summed E-state index contributed by atoms with van der Waals surface area (Å²) in [5, 5.41) is 0. The normalized spacial score (nSPS) is 25.6. The SMILES string of the molecule is CC(C)(C)CC1CC2(CCN(CC(C)(C)C)CC2)C1. The number of likely N-dealkylation sites (tertiary alicyclic amines) is 1. The van der Waals surface area contributed by atoms with E-state index in [0.29, 0.717) is 10.8 Å². The molecule has 0 aromatic carbocycles. The number of nitrogens with zero attached hydrogens (tertiary/aromatic N) is 1. The number of hydrogen-bond donors (Lipinski definition) is 0. The maximum atomic E-state index is 2.70. The van der Waals surface area contributed by atoms with E-state index in [4.69, 9.17) is 0 Å². The van der Waals surface area contributed by atoms with Crippen molar-refractivity contribution in [2.24, 2.45) is 22.2 Å². The topological polar surface area (TPSA) is 3.24 Å². The summed E-state index contributed by atoms with van der Waals surface area (Å²) in [5.74, 6) is 1.02. The van der Waals surface area contributed by atoms with E-state index >= 15 is 0 Å². The quantitative estimate of drug-likeness (QED) is 0.682. The van der Waals surface area contributed by atoms with Crippen LogP contribution < -0.4 is 0 Å². The molecule has 1 nitrogen and oxygen atoms in total. The van der Waals surface area contributed by atoms with Crippen LogP contribution in [-0.4, -0.2) is 24.5 Å². The molecule has 1 saturated carbocycles. The maximum absolute atomic E-state index is 2.70. The average Bonchev–Trinajstić information content (AvgIpc) is 2.14. The first-order valence-corrected chi connectivity index (χ1v) is 8.29. The van der Waals surface area contributed by atoms with Gasteiger partial charge in [-0.2, -0.15) is 0 Å². The van der Waals surface area contributed by atoms with Gasteiger partial charge >= 0.3 is 0 Å². The van der Waals surface area contributed by atoms with Crippen LogP contribution in [0.15, 0.2) is 0 Å². The van der Waals surface area contributed by atoms with E-state index in [-0.39, 0.29) is 0 Å². The molecular weight excluding hydrogens is 230 g/mol. The van der Waals surface area contributed by atoms with Crippen molar-refractivity contribution in [3.05, 3.63) is 0 Å². The Balaban J connectivity index is 1.73. The molecule has 1 aliphatic heterocycles. The van der Waals surface area contributed by atoms with E-state index in [1.807, 2.05) is 0 Å². The van der Waals surface area contributed by atoms with Crippen molar-refractivity contribution in [1.82, 2.24) is 4.90 Å². The van der Waals surface area contributed by atoms with Crippen LogP contribution in [0.1, 0.15) is 73.6 Å². The van der Waals surface area contributed by atoms with Crippen molar-refractivity contribution in [3.8, 4) is 0 Å². The Kier molecular flexibility index (Phi) is 4.09. The van der Waals surface area contributed by atoms with Gasteiger partial charge in [-0.15, -0.1) is 0 Å². The van der Waals surface area contributed by atoms with Crippen LogP contribution in [0.4, 0.5) is 0 Å². The molecule has 2 fully saturated rings. The standard InChI is InChI=1S/C18H35N/c1-16(2,3)11-15-12-18(13-15)7-9-19(10-8-18)14-17(4,5)6/h15H,7-14H2,1-6H3. The second-order valence-corrected chi connectivity index (χ2v) is 9.88. The van der Waals surface area contributed by atoms with Gasteiger partial charge in [0.1, 0.15) is 0 Å². The maximum Gasteiger partial charge on any atom is 0.00300 e. The fourth-order valence-electron chi connectivity index (χ4n) is 4.44. The van der Waals surface area contributed by atoms with E-state index in [2.05, 4.69) is 46.4 Å². The lowest BCUT2D eigenvalue weighted by molar-refractivity contribution is -0.0326. The molecule has 1 spiro atoms. The zero-order chi connectivity index (χ0) is 14.3. The monoisotopic (exact) mass is 265 g/mol. The van der Waals surface area contributed by atoms with Gasteiger partial charge in [-0.25, -0.2) is 0 Å². The largest absolute Gasteiger partial charge is 0.303 e. The van der Waals surface area contributed by atoms with Crippen LogP contribution in [0.3, 0.4) is 0 Å². The molecule has 1 heteroatoms. The molecule has 19 heavy (non-hydrogen) atoms. The van der Waals surface area contributed by atoms with Crippen molar-refractivity contribution in [1.29, 1.82) is 0 Å². The van der Waals surface area contributed by atoms with Crippen LogP contribution in [0.2, 0.25) is 0 Å². The minimum atomic E-state index is 0.457. The third-order valence-corrected chi connectivity index (χ3v) is 4.96. The summed E-state index contributed by atoms with van der Waals surface area (Å²) in [6.07, 6.45) is 7.40. The van der Waals surface area contributed by atoms with Crippen molar-refractivity contribution < 1.29 is 0 Å². The molecule has 1 heterocycles. The van der Waals surface area contributed by atoms with Gasteiger partial charge < -0.3 is 4.90 Å². The minimum absolute atomic E-state index is 0.457. The summed E-state index contributed by atoms with van der Waals surface area (Å²) >= 11 is 0. The van der Waals surface area contributed by atoms with Gasteiger partial charge in [-0.3, -0.25) is 0 Å². The minimum Gasteiger partial charge on any atom is -0.303 e. The lowest BCUT2D eigenvalue weighted by Crippen LogP contribution is -2.49. The summed E-state index contributed by atoms with van der Waals surface area (Å²) in [4.78, 5) is 2.70. The highest BCUT2D eigenvalue weighted by Crippen LogP contribution is 2.55. The van der Waals surface area contributed by atoms with Crippen molar-refractivity contribution in [2.45, 2.75) is 73.6 Å². The molecule has 2 rings (SSSR count). The lowest BCUT2D eigenvalue weighted by atomic mass is 9.55. The zero-order valence-corrected chi connectivity index (χ0v) is 14.2. The lowest BCUT2D eigenvalue weighted by Gasteiger charge is -2.54. The third-order valence-electron chi connectivity index (χ3n) is 4.96. The molecule has 0 amide bonds. The van der Waals surface area contributed by atoms with Crippen LogP contribution in [-0.2, 0) is 0 Å². The number of piperidine rings is 1. The van der Waals surface area contributed by atoms with Gasteiger partial charge in [0.25, 0.3) is 0 Å². The number of rotatable bonds is 2. The summed E-state index contributed by atoms with van der Waals surface area (Å²) in [7, 11) is 0. The second kappa shape index (κ2) is 5.06. The van der Waals surface area contributed by atoms with Gasteiger partial charge in [0.2, 0.25) is 0 Å². The molecule has 0 radical (unpaired) electrons. The fraction of sp³-hybridized carbons (Fsp3) is 1.00. The van der Waals surface area contributed by atoms with E-state index in [1.54, 1.807) is 0 Å². The van der Waals surface area contributed by atoms with Gasteiger partial charge in [0.05, 0.1) is 0 Å². The smallest absolute Gasteiger partial charge is 0.00300 e. The van der Waals surface area contributed by atoms with E-state index < -0.39 is 0 Å². The summed E-state index contributed by atoms with van der Waals surface area (Å²) in [6, 6.07) is 0. The van der Waals surface area contributed by atoms with Crippen molar-refractivity contribution in [3.63, 3.8) is 0 Å². The van der Waals surface area contributed by atoms with E-state index in [0.717, 1.165) is 11.3 Å². The Bertz CT molecular complexity index is 289. The van der Waals surface area contributed by atoms with Crippen LogP contribution in [0.5, 0.6) is 0 Å². The second-order valence-electron chi connectivity index (χ2n) is 9.88. The Labute approximate surface area is 121 Å². The highest BCUT2D eigenvalue weighted by Gasteiger charge is 2.46. The molecule has 0 aromatic heterocycles. The average molecular weight is 265 g/mol. The summed E-state index contributed by atoms with van der Waals surface area (Å²) in [5.41, 5.74) is 1.74. The molecule has 0 aromatic rings. The van der Waals surface area contributed by atoms with Gasteiger partial charge in [0.15, 0.2) is 0 Å². The highest BCUT2D eigenvalue weighted by molar-refractivity contribution is 4.98. The molecule has 0 atom stereocenters. The molecule has 2 aliphatic rings. The predicted octanol–water partition coefficient (Wildman–Crippen LogP) is 4.96. The molecule has 1 aliphatic carbocycles. The van der Waals surface area contributed by atoms with Gasteiger partial charge in [-0.1, -0.05) is 41.5 Å². The van der Waals surface area contributed by atoms with E-state index in [9.17, 15) is 0 Å². The number of hydrogen-bond acceptors (Lipinski definition) is 1. The predicted molar refractivity (Wildman–Crippen MR) is 84.4 cm³/mol. The molecular formula is C18H35N. The first-order chi connectivity index (χ1) is 8.57. The third kappa shape index (κ3) is 4.48. The Morgan fingerprint density at radius 2 is 1.42 bits per heavy atom. The first kappa shape index (κ1) is 15.4. The van der Waals surface area contributed by atoms with Gasteiger partial charge in [-0.05, 0) is 67.4 Å². The van der Waals surface area contributed by atoms with Crippen LogP contribution >= 0.6 is 0 Å². The zero-order valence-electron chi connectivity index (χ0n) is 14.2. The highest BCUT2D eigenvalue weighted by atomic mass is 15.1. The Hall–Kier alpha value is -0.0400. The molecule has 0 N–H and O–H groups in total. The molecule has 0 bridgehead atoms. The van der Waals surface area contributed by atoms with Crippen molar-refractivity contribution in [2.75, 3.05) is 19.6 Å². The molecule has 0 unspecified atom stereocenters. The fourth-order valence-corrected chi connectivity index (χ4v) is 4.44. The van der Waals surface area contributed by atoms with Crippen LogP contribution in [0.25, 0.3) is 0 Å². The molecule has 112 valence electrons. The van der Waals surface area contributed by atoms with Gasteiger partial charge in [0, 0.05) is 6.54 Å². The van der Waals surface area contributed by atoms with Crippen molar-refractivity contribution >= 4 is 0 Å². The summed E-state index contributed by atoms with van der Waals surface area (Å²) in [6.45, 7) is 18.2. The molecule has 1 saturated heterocycles. The Morgan fingerprint density at radius 1 is 0.895 bits per heavy atom. The first-order valence-electron chi connectivity index (χ1n) is 8.29. The summed E-state index contributed by atoms with van der Waals surface area (Å²) < 4.78 is 0.